The van der Waals surface area contributed by atoms with Gasteiger partial charge in [0, 0.05) is 12.7 Å². The predicted molar refractivity (Wildman–Crippen MR) is 103 cm³/mol. The third-order valence-corrected chi connectivity index (χ3v) is 4.35. The van der Waals surface area contributed by atoms with Gasteiger partial charge < -0.3 is 10.1 Å². The van der Waals surface area contributed by atoms with Gasteiger partial charge in [-0.3, -0.25) is 9.69 Å². The zero-order chi connectivity index (χ0) is 20.3. The fourth-order valence-corrected chi connectivity index (χ4v) is 3.12. The minimum atomic E-state index is -0.605. The lowest BCUT2D eigenvalue weighted by Crippen LogP contribution is -2.46. The molecule has 1 aliphatic heterocycles. The fraction of sp³-hybridized carbons (Fsp3) is 0.381. The van der Waals surface area contributed by atoms with Crippen LogP contribution in [0.15, 0.2) is 42.6 Å². The Hall–Kier alpha value is -2.96. The van der Waals surface area contributed by atoms with Crippen LogP contribution in [0.1, 0.15) is 31.9 Å². The van der Waals surface area contributed by atoms with Crippen molar-refractivity contribution in [3.63, 3.8) is 0 Å². The van der Waals surface area contributed by atoms with E-state index in [-0.39, 0.29) is 24.8 Å². The van der Waals surface area contributed by atoms with Gasteiger partial charge in [-0.2, -0.15) is 0 Å². The van der Waals surface area contributed by atoms with Crippen LogP contribution in [0, 0.1) is 11.7 Å². The number of rotatable bonds is 4. The second kappa shape index (κ2) is 7.96. The van der Waals surface area contributed by atoms with Gasteiger partial charge in [0.15, 0.2) is 0 Å². The molecule has 2 amide bonds. The topological polar surface area (TPSA) is 71.5 Å². The van der Waals surface area contributed by atoms with Crippen LogP contribution in [-0.2, 0) is 22.5 Å². The molecular weight excluding hydrogens is 361 g/mol. The molecule has 6 nitrogen and oxygen atoms in total. The maximum Gasteiger partial charge on any atom is 0.407 e. The Labute approximate surface area is 163 Å². The van der Waals surface area contributed by atoms with E-state index in [0.29, 0.717) is 12.2 Å². The highest BCUT2D eigenvalue weighted by Crippen LogP contribution is 2.29. The SMILES string of the molecule is CC(C)(C)OC(=O)NCC1Cc2cccnc2N(Cc2ccc(F)cc2)C1=O. The number of hydrogen-bond acceptors (Lipinski definition) is 4. The number of anilines is 1. The number of pyridine rings is 1. The predicted octanol–water partition coefficient (Wildman–Crippen LogP) is 3.45. The molecule has 0 radical (unpaired) electrons. The van der Waals surface area contributed by atoms with E-state index in [9.17, 15) is 14.0 Å². The zero-order valence-corrected chi connectivity index (χ0v) is 16.2. The molecule has 1 atom stereocenters. The Balaban J connectivity index is 1.76. The molecule has 1 aromatic carbocycles. The van der Waals surface area contributed by atoms with Gasteiger partial charge in [0.05, 0.1) is 12.5 Å². The molecule has 1 N–H and O–H groups in total. The summed E-state index contributed by atoms with van der Waals surface area (Å²) >= 11 is 0. The Kier molecular flexibility index (Phi) is 5.63. The smallest absolute Gasteiger partial charge is 0.407 e. The van der Waals surface area contributed by atoms with Gasteiger partial charge in [-0.1, -0.05) is 18.2 Å². The summed E-state index contributed by atoms with van der Waals surface area (Å²) in [4.78, 5) is 31.0. The molecule has 0 spiro atoms. The lowest BCUT2D eigenvalue weighted by Gasteiger charge is -2.33. The number of aromatic nitrogens is 1. The first-order chi connectivity index (χ1) is 13.2. The molecule has 0 aliphatic carbocycles. The number of carbonyl (C=O) groups is 2. The van der Waals surface area contributed by atoms with Crippen LogP contribution in [0.5, 0.6) is 0 Å². The van der Waals surface area contributed by atoms with E-state index in [1.165, 1.54) is 12.1 Å². The molecule has 148 valence electrons. The summed E-state index contributed by atoms with van der Waals surface area (Å²) in [5.74, 6) is -0.284. The number of nitrogens with one attached hydrogen (secondary N) is 1. The fourth-order valence-electron chi connectivity index (χ4n) is 3.12. The summed E-state index contributed by atoms with van der Waals surface area (Å²) < 4.78 is 18.4. The highest BCUT2D eigenvalue weighted by Gasteiger charge is 2.34. The third-order valence-electron chi connectivity index (χ3n) is 4.35. The second-order valence-electron chi connectivity index (χ2n) is 7.82. The van der Waals surface area contributed by atoms with Gasteiger partial charge in [-0.25, -0.2) is 14.2 Å². The molecule has 2 heterocycles. The number of halogens is 1. The standard InChI is InChI=1S/C21H24FN3O3/c1-21(2,3)28-20(27)24-12-16-11-15-5-4-10-23-18(15)25(19(16)26)13-14-6-8-17(22)9-7-14/h4-10,16H,11-13H2,1-3H3,(H,24,27). The van der Waals surface area contributed by atoms with Crippen LogP contribution in [0.3, 0.4) is 0 Å². The van der Waals surface area contributed by atoms with Crippen LogP contribution in [0.25, 0.3) is 0 Å². The molecule has 0 bridgehead atoms. The monoisotopic (exact) mass is 385 g/mol. The lowest BCUT2D eigenvalue weighted by molar-refractivity contribution is -0.122. The first-order valence-electron chi connectivity index (χ1n) is 9.19. The molecule has 2 aromatic rings. The van der Waals surface area contributed by atoms with Crippen molar-refractivity contribution in [3.05, 3.63) is 59.5 Å². The molecule has 0 saturated carbocycles. The van der Waals surface area contributed by atoms with Gasteiger partial charge in [0.1, 0.15) is 17.2 Å². The number of benzene rings is 1. The normalized spacial score (nSPS) is 16.5. The molecule has 28 heavy (non-hydrogen) atoms. The Bertz CT molecular complexity index is 862. The van der Waals surface area contributed by atoms with Crippen molar-refractivity contribution in [2.45, 2.75) is 39.3 Å². The van der Waals surface area contributed by atoms with E-state index in [1.54, 1.807) is 44.0 Å². The average molecular weight is 385 g/mol. The number of ether oxygens (including phenoxy) is 1. The van der Waals surface area contributed by atoms with Gasteiger partial charge in [-0.05, 0) is 56.5 Å². The number of nitrogens with zero attached hydrogens (tertiary/aromatic N) is 2. The average Bonchev–Trinajstić information content (AvgIpc) is 2.63. The second-order valence-corrected chi connectivity index (χ2v) is 7.82. The van der Waals surface area contributed by atoms with Crippen LogP contribution < -0.4 is 10.2 Å². The summed E-state index contributed by atoms with van der Waals surface area (Å²) in [6, 6.07) is 9.77. The summed E-state index contributed by atoms with van der Waals surface area (Å²) in [5.41, 5.74) is 1.12. The molecule has 0 saturated heterocycles. The largest absolute Gasteiger partial charge is 0.444 e. The maximum absolute atomic E-state index is 13.2. The van der Waals surface area contributed by atoms with E-state index in [2.05, 4.69) is 10.3 Å². The number of carbonyl (C=O) groups excluding carboxylic acids is 2. The molecular formula is C21H24FN3O3. The van der Waals surface area contributed by atoms with Gasteiger partial charge in [-0.15, -0.1) is 0 Å². The Morgan fingerprint density at radius 3 is 2.68 bits per heavy atom. The molecule has 3 rings (SSSR count). The van der Waals surface area contributed by atoms with E-state index >= 15 is 0 Å². The van der Waals surface area contributed by atoms with E-state index in [4.69, 9.17) is 4.74 Å². The van der Waals surface area contributed by atoms with Crippen molar-refractivity contribution in [2.75, 3.05) is 11.4 Å². The van der Waals surface area contributed by atoms with E-state index in [0.717, 1.165) is 11.1 Å². The van der Waals surface area contributed by atoms with E-state index in [1.807, 2.05) is 12.1 Å². The lowest BCUT2D eigenvalue weighted by atomic mass is 9.93. The first kappa shape index (κ1) is 19.8. The van der Waals surface area contributed by atoms with Crippen molar-refractivity contribution in [1.82, 2.24) is 10.3 Å². The van der Waals surface area contributed by atoms with E-state index < -0.39 is 17.6 Å². The highest BCUT2D eigenvalue weighted by atomic mass is 19.1. The molecule has 7 heteroatoms. The van der Waals surface area contributed by atoms with Gasteiger partial charge >= 0.3 is 6.09 Å². The summed E-state index contributed by atoms with van der Waals surface area (Å²) in [7, 11) is 0. The van der Waals surface area contributed by atoms with Crippen LogP contribution >= 0.6 is 0 Å². The van der Waals surface area contributed by atoms with Gasteiger partial charge in [0.25, 0.3) is 0 Å². The molecule has 0 fully saturated rings. The minimum absolute atomic E-state index is 0.133. The minimum Gasteiger partial charge on any atom is -0.444 e. The quantitative estimate of drug-likeness (QED) is 0.875. The van der Waals surface area contributed by atoms with Crippen molar-refractivity contribution in [1.29, 1.82) is 0 Å². The van der Waals surface area contributed by atoms with Crippen molar-refractivity contribution < 1.29 is 18.7 Å². The van der Waals surface area contributed by atoms with Crippen molar-refractivity contribution >= 4 is 17.8 Å². The first-order valence-corrected chi connectivity index (χ1v) is 9.19. The van der Waals surface area contributed by atoms with Crippen LogP contribution in [0.2, 0.25) is 0 Å². The van der Waals surface area contributed by atoms with Crippen molar-refractivity contribution in [3.8, 4) is 0 Å². The molecule has 1 unspecified atom stereocenters. The number of fused-ring (bicyclic) bond motifs is 1. The zero-order valence-electron chi connectivity index (χ0n) is 16.2. The van der Waals surface area contributed by atoms with Crippen LogP contribution in [-0.4, -0.2) is 29.1 Å². The molecule has 1 aliphatic rings. The van der Waals surface area contributed by atoms with Crippen molar-refractivity contribution in [2.24, 2.45) is 5.92 Å². The maximum atomic E-state index is 13.2. The number of amides is 2. The number of hydrogen-bond donors (Lipinski definition) is 1. The summed E-state index contributed by atoms with van der Waals surface area (Å²) in [5, 5.41) is 2.68. The third kappa shape index (κ3) is 4.85. The van der Waals surface area contributed by atoms with Gasteiger partial charge in [0.2, 0.25) is 5.91 Å². The Morgan fingerprint density at radius 2 is 2.00 bits per heavy atom. The number of alkyl carbamates (subject to hydrolysis) is 1. The Morgan fingerprint density at radius 1 is 1.29 bits per heavy atom. The summed E-state index contributed by atoms with van der Waals surface area (Å²) in [6.45, 7) is 5.80. The highest BCUT2D eigenvalue weighted by molar-refractivity contribution is 5.97. The summed E-state index contributed by atoms with van der Waals surface area (Å²) in [6.07, 6.45) is 1.57. The molecule has 1 aromatic heterocycles. The van der Waals surface area contributed by atoms with Crippen LogP contribution in [0.4, 0.5) is 15.0 Å².